The maximum Gasteiger partial charge on any atom is 0.227 e. The lowest BCUT2D eigenvalue weighted by atomic mass is 9.93. The predicted molar refractivity (Wildman–Crippen MR) is 91.0 cm³/mol. The van der Waals surface area contributed by atoms with Crippen molar-refractivity contribution in [3.8, 4) is 0 Å². The Morgan fingerprint density at radius 3 is 2.64 bits per heavy atom. The number of carbonyl (C=O) groups is 1. The first kappa shape index (κ1) is 16.3. The molecule has 0 atom stereocenters. The van der Waals surface area contributed by atoms with Gasteiger partial charge in [-0.3, -0.25) is 9.89 Å². The van der Waals surface area contributed by atoms with Crippen LogP contribution in [0.3, 0.4) is 0 Å². The monoisotopic (exact) mass is 343 g/mol. The molecule has 0 spiro atoms. The predicted octanol–water partition coefficient (Wildman–Crippen LogP) is 2.31. The number of piperidine rings is 1. The Morgan fingerprint density at radius 2 is 2.00 bits per heavy atom. The number of likely N-dealkylation sites (tertiary alicyclic amines) is 1. The van der Waals surface area contributed by atoms with Gasteiger partial charge in [-0.1, -0.05) is 5.16 Å². The Balaban J connectivity index is 1.28. The summed E-state index contributed by atoms with van der Waals surface area (Å²) in [4.78, 5) is 19.1. The molecule has 4 rings (SSSR count). The summed E-state index contributed by atoms with van der Waals surface area (Å²) < 4.78 is 5.15. The van der Waals surface area contributed by atoms with Crippen LogP contribution >= 0.6 is 0 Å². The summed E-state index contributed by atoms with van der Waals surface area (Å²) in [7, 11) is 0. The zero-order chi connectivity index (χ0) is 17.4. The van der Waals surface area contributed by atoms with Crippen molar-refractivity contribution in [2.75, 3.05) is 13.1 Å². The average Bonchev–Trinajstić information content (AvgIpc) is 3.29. The summed E-state index contributed by atoms with van der Waals surface area (Å²) in [5, 5.41) is 11.4. The maximum absolute atomic E-state index is 12.5. The quantitative estimate of drug-likeness (QED) is 0.900. The third-order valence-corrected chi connectivity index (χ3v) is 5.45. The molecular weight excluding hydrogens is 318 g/mol. The lowest BCUT2D eigenvalue weighted by molar-refractivity contribution is -0.131. The molecule has 0 aromatic carbocycles. The molecule has 1 saturated heterocycles. The Kier molecular flexibility index (Phi) is 4.31. The van der Waals surface area contributed by atoms with Gasteiger partial charge < -0.3 is 9.42 Å². The second kappa shape index (κ2) is 6.61. The van der Waals surface area contributed by atoms with Crippen LogP contribution in [-0.4, -0.2) is 44.2 Å². The first-order chi connectivity index (χ1) is 12.1. The molecule has 2 fully saturated rings. The number of aryl methyl sites for hydroxylation is 2. The molecule has 1 aliphatic heterocycles. The number of nitrogens with one attached hydrogen (secondary N) is 1. The number of amides is 1. The number of nitrogens with zero attached hydrogens (tertiary/aromatic N) is 4. The van der Waals surface area contributed by atoms with Crippen molar-refractivity contribution in [3.05, 3.63) is 28.7 Å². The van der Waals surface area contributed by atoms with Gasteiger partial charge in [0.15, 0.2) is 5.82 Å². The van der Waals surface area contributed by atoms with E-state index in [0.717, 1.165) is 61.0 Å². The molecule has 1 amide bonds. The number of H-pyrrole nitrogens is 1. The topological polar surface area (TPSA) is 87.9 Å². The van der Waals surface area contributed by atoms with E-state index in [1.807, 2.05) is 18.7 Å². The summed E-state index contributed by atoms with van der Waals surface area (Å²) in [5.74, 6) is 4.07. The van der Waals surface area contributed by atoms with Crippen LogP contribution in [0, 0.1) is 19.8 Å². The Morgan fingerprint density at radius 1 is 1.24 bits per heavy atom. The highest BCUT2D eigenvalue weighted by atomic mass is 16.5. The fourth-order valence-corrected chi connectivity index (χ4v) is 3.60. The van der Waals surface area contributed by atoms with Gasteiger partial charge in [-0.25, -0.2) is 4.98 Å². The minimum Gasteiger partial charge on any atom is -0.361 e. The molecule has 0 bridgehead atoms. The van der Waals surface area contributed by atoms with Crippen LogP contribution in [-0.2, 0) is 17.6 Å². The average molecular weight is 343 g/mol. The van der Waals surface area contributed by atoms with Crippen molar-refractivity contribution in [2.24, 2.45) is 5.92 Å². The first-order valence-corrected chi connectivity index (χ1v) is 9.21. The van der Waals surface area contributed by atoms with Crippen LogP contribution in [0.2, 0.25) is 0 Å². The zero-order valence-corrected chi connectivity index (χ0v) is 14.9. The van der Waals surface area contributed by atoms with E-state index in [4.69, 9.17) is 4.52 Å². The van der Waals surface area contributed by atoms with Gasteiger partial charge in [0.05, 0.1) is 12.1 Å². The van der Waals surface area contributed by atoms with Crippen LogP contribution in [0.5, 0.6) is 0 Å². The number of hydrogen-bond acceptors (Lipinski definition) is 5. The van der Waals surface area contributed by atoms with Crippen LogP contribution in [0.15, 0.2) is 4.52 Å². The van der Waals surface area contributed by atoms with E-state index in [0.29, 0.717) is 18.3 Å². The van der Waals surface area contributed by atoms with Crippen molar-refractivity contribution >= 4 is 5.91 Å². The molecule has 2 aliphatic rings. The molecule has 1 N–H and O–H groups in total. The summed E-state index contributed by atoms with van der Waals surface area (Å²) in [6, 6.07) is 0. The van der Waals surface area contributed by atoms with E-state index in [1.54, 1.807) is 0 Å². The highest BCUT2D eigenvalue weighted by Gasteiger charge is 2.29. The number of aromatic nitrogens is 4. The molecule has 3 heterocycles. The van der Waals surface area contributed by atoms with Crippen LogP contribution in [0.25, 0.3) is 0 Å². The molecule has 1 aliphatic carbocycles. The van der Waals surface area contributed by atoms with Gasteiger partial charge >= 0.3 is 0 Å². The summed E-state index contributed by atoms with van der Waals surface area (Å²) >= 11 is 0. The van der Waals surface area contributed by atoms with Crippen molar-refractivity contribution in [1.29, 1.82) is 0 Å². The fraction of sp³-hybridized carbons (Fsp3) is 0.667. The smallest absolute Gasteiger partial charge is 0.227 e. The fourth-order valence-electron chi connectivity index (χ4n) is 3.60. The highest BCUT2D eigenvalue weighted by molar-refractivity contribution is 5.79. The lowest BCUT2D eigenvalue weighted by Gasteiger charge is -2.31. The molecule has 7 heteroatoms. The van der Waals surface area contributed by atoms with Gasteiger partial charge in [0.25, 0.3) is 0 Å². The number of carbonyl (C=O) groups excluding carboxylic acids is 1. The molecule has 134 valence electrons. The maximum atomic E-state index is 12.5. The van der Waals surface area contributed by atoms with Crippen molar-refractivity contribution in [1.82, 2.24) is 25.2 Å². The van der Waals surface area contributed by atoms with E-state index in [-0.39, 0.29) is 5.91 Å². The molecule has 0 unspecified atom stereocenters. The van der Waals surface area contributed by atoms with Gasteiger partial charge in [-0.15, -0.1) is 0 Å². The molecule has 1 saturated carbocycles. The van der Waals surface area contributed by atoms with Crippen molar-refractivity contribution < 1.29 is 9.32 Å². The van der Waals surface area contributed by atoms with Crippen molar-refractivity contribution in [2.45, 2.75) is 58.3 Å². The van der Waals surface area contributed by atoms with E-state index < -0.39 is 0 Å². The van der Waals surface area contributed by atoms with Gasteiger partial charge in [-0.05, 0) is 45.4 Å². The number of hydrogen-bond donors (Lipinski definition) is 1. The van der Waals surface area contributed by atoms with Gasteiger partial charge in [0, 0.05) is 31.0 Å². The van der Waals surface area contributed by atoms with E-state index in [2.05, 4.69) is 20.3 Å². The van der Waals surface area contributed by atoms with E-state index >= 15 is 0 Å². The van der Waals surface area contributed by atoms with Crippen LogP contribution in [0.1, 0.15) is 60.3 Å². The third-order valence-electron chi connectivity index (χ3n) is 5.45. The van der Waals surface area contributed by atoms with E-state index in [9.17, 15) is 4.79 Å². The molecule has 2 aromatic heterocycles. The second-order valence-electron chi connectivity index (χ2n) is 7.42. The largest absolute Gasteiger partial charge is 0.361 e. The Hall–Kier alpha value is -2.18. The zero-order valence-electron chi connectivity index (χ0n) is 14.9. The molecule has 2 aromatic rings. The minimum atomic E-state index is 0.170. The Bertz CT molecular complexity index is 734. The van der Waals surface area contributed by atoms with Gasteiger partial charge in [-0.2, -0.15) is 5.10 Å². The normalized spacial score (nSPS) is 18.7. The second-order valence-corrected chi connectivity index (χ2v) is 7.42. The van der Waals surface area contributed by atoms with E-state index in [1.165, 1.54) is 12.8 Å². The molecular formula is C18H25N5O2. The van der Waals surface area contributed by atoms with Gasteiger partial charge in [0.1, 0.15) is 11.6 Å². The standard InChI is InChI=1S/C18H25N5O2/c1-11-15(12(2)25-22-11)10-17(24)23-7-5-13(6-8-23)9-16-19-18(21-20-16)14-3-4-14/h13-14H,3-10H2,1-2H3,(H,19,20,21). The highest BCUT2D eigenvalue weighted by Crippen LogP contribution is 2.38. The summed E-state index contributed by atoms with van der Waals surface area (Å²) in [6.07, 6.45) is 5.82. The summed E-state index contributed by atoms with van der Waals surface area (Å²) in [6.45, 7) is 5.38. The molecule has 0 radical (unpaired) electrons. The van der Waals surface area contributed by atoms with Crippen LogP contribution < -0.4 is 0 Å². The number of rotatable bonds is 5. The minimum absolute atomic E-state index is 0.170. The third kappa shape index (κ3) is 3.60. The summed E-state index contributed by atoms with van der Waals surface area (Å²) in [5.41, 5.74) is 1.75. The van der Waals surface area contributed by atoms with Crippen molar-refractivity contribution in [3.63, 3.8) is 0 Å². The molecule has 7 nitrogen and oxygen atoms in total. The SMILES string of the molecule is Cc1noc(C)c1CC(=O)N1CCC(Cc2nc(C3CC3)n[nH]2)CC1. The molecule has 25 heavy (non-hydrogen) atoms. The first-order valence-electron chi connectivity index (χ1n) is 9.21. The number of aromatic amines is 1. The lowest BCUT2D eigenvalue weighted by Crippen LogP contribution is -2.39. The van der Waals surface area contributed by atoms with Gasteiger partial charge in [0.2, 0.25) is 5.91 Å². The Labute approximate surface area is 147 Å². The van der Waals surface area contributed by atoms with Crippen LogP contribution in [0.4, 0.5) is 0 Å².